The van der Waals surface area contributed by atoms with Crippen LogP contribution in [-0.4, -0.2) is 19.9 Å². The predicted octanol–water partition coefficient (Wildman–Crippen LogP) is -0.421. The lowest BCUT2D eigenvalue weighted by Gasteiger charge is -2.02. The summed E-state index contributed by atoms with van der Waals surface area (Å²) >= 11 is 1.15. The third-order valence-corrected chi connectivity index (χ3v) is 2.55. The summed E-state index contributed by atoms with van der Waals surface area (Å²) in [5.41, 5.74) is 7.54. The highest BCUT2D eigenvalue weighted by atomic mass is 32.2. The Labute approximate surface area is 99.9 Å². The van der Waals surface area contributed by atoms with Gasteiger partial charge in [-0.1, -0.05) is 0 Å². The summed E-state index contributed by atoms with van der Waals surface area (Å²) < 4.78 is 0. The first-order valence-corrected chi connectivity index (χ1v) is 5.32. The zero-order valence-electron chi connectivity index (χ0n) is 8.54. The van der Waals surface area contributed by atoms with Crippen molar-refractivity contribution in [3.05, 3.63) is 28.8 Å². The average molecular weight is 251 g/mol. The van der Waals surface area contributed by atoms with E-state index in [1.807, 2.05) is 0 Å². The fourth-order valence-corrected chi connectivity index (χ4v) is 1.85. The Morgan fingerprint density at radius 2 is 2.18 bits per heavy atom. The first kappa shape index (κ1) is 11.4. The van der Waals surface area contributed by atoms with Gasteiger partial charge in [0.05, 0.1) is 0 Å². The van der Waals surface area contributed by atoms with Gasteiger partial charge in [-0.2, -0.15) is 0 Å². The fraction of sp³-hybridized carbons (Fsp3) is 0. The molecule has 2 rings (SSSR count). The maximum Gasteiger partial charge on any atom is 0.253 e. The number of aromatic nitrogens is 4. The van der Waals surface area contributed by atoms with E-state index in [1.54, 1.807) is 6.07 Å². The lowest BCUT2D eigenvalue weighted by molar-refractivity contribution is 0.936. The van der Waals surface area contributed by atoms with E-state index < -0.39 is 0 Å². The molecule has 0 fully saturated rings. The molecule has 88 valence electrons. The van der Waals surface area contributed by atoms with Gasteiger partial charge in [-0.05, 0) is 11.8 Å². The number of rotatable bonds is 3. The van der Waals surface area contributed by atoms with Gasteiger partial charge in [-0.15, -0.1) is 0 Å². The van der Waals surface area contributed by atoms with Gasteiger partial charge in [0, 0.05) is 12.1 Å². The molecule has 0 unspecified atom stereocenters. The zero-order valence-corrected chi connectivity index (χ0v) is 9.36. The standard InChI is InChI=1S/C8H9N7OS/c9-4-1-6(16)14-8(13-4)17-7-2-5(15-10)11-3-12-7/h1-3H,10H2,(H,11,12,15)(H3,9,13,14,16). The Hall–Kier alpha value is -2.13. The van der Waals surface area contributed by atoms with E-state index in [0.29, 0.717) is 16.0 Å². The van der Waals surface area contributed by atoms with Crippen molar-refractivity contribution in [2.75, 3.05) is 11.2 Å². The minimum absolute atomic E-state index is 0.155. The van der Waals surface area contributed by atoms with Crippen LogP contribution in [0.4, 0.5) is 11.6 Å². The van der Waals surface area contributed by atoms with Crippen LogP contribution in [0.15, 0.2) is 33.4 Å². The van der Waals surface area contributed by atoms with E-state index in [1.165, 1.54) is 12.4 Å². The summed E-state index contributed by atoms with van der Waals surface area (Å²) in [7, 11) is 0. The minimum atomic E-state index is -0.314. The molecule has 17 heavy (non-hydrogen) atoms. The summed E-state index contributed by atoms with van der Waals surface area (Å²) in [4.78, 5) is 25.5. The van der Waals surface area contributed by atoms with Crippen molar-refractivity contribution in [3.63, 3.8) is 0 Å². The van der Waals surface area contributed by atoms with Crippen molar-refractivity contribution in [1.29, 1.82) is 0 Å². The van der Waals surface area contributed by atoms with Crippen LogP contribution in [0.1, 0.15) is 0 Å². The van der Waals surface area contributed by atoms with Crippen LogP contribution < -0.4 is 22.6 Å². The van der Waals surface area contributed by atoms with Crippen LogP contribution in [0, 0.1) is 0 Å². The molecular weight excluding hydrogens is 242 g/mol. The van der Waals surface area contributed by atoms with Gasteiger partial charge >= 0.3 is 0 Å². The molecule has 2 aromatic rings. The molecule has 0 radical (unpaired) electrons. The van der Waals surface area contributed by atoms with Crippen LogP contribution in [0.5, 0.6) is 0 Å². The van der Waals surface area contributed by atoms with Gasteiger partial charge in [0.25, 0.3) is 5.56 Å². The van der Waals surface area contributed by atoms with Crippen molar-refractivity contribution in [1.82, 2.24) is 19.9 Å². The molecule has 8 nitrogen and oxygen atoms in total. The van der Waals surface area contributed by atoms with Crippen molar-refractivity contribution in [2.45, 2.75) is 10.2 Å². The predicted molar refractivity (Wildman–Crippen MR) is 63.2 cm³/mol. The Morgan fingerprint density at radius 3 is 2.88 bits per heavy atom. The third-order valence-electron chi connectivity index (χ3n) is 1.73. The number of aromatic amines is 1. The quantitative estimate of drug-likeness (QED) is 0.250. The number of anilines is 2. The highest BCUT2D eigenvalue weighted by molar-refractivity contribution is 7.99. The first-order chi connectivity index (χ1) is 8.17. The van der Waals surface area contributed by atoms with E-state index in [0.717, 1.165) is 11.8 Å². The molecule has 9 heteroatoms. The largest absolute Gasteiger partial charge is 0.383 e. The SMILES string of the molecule is NNc1cc(Sc2nc(N)cc(=O)[nH]2)ncn1. The van der Waals surface area contributed by atoms with Gasteiger partial charge in [-0.25, -0.2) is 20.8 Å². The van der Waals surface area contributed by atoms with E-state index in [9.17, 15) is 4.79 Å². The number of nitrogens with zero attached hydrogens (tertiary/aromatic N) is 3. The van der Waals surface area contributed by atoms with Gasteiger partial charge in [0.2, 0.25) is 0 Å². The molecule has 0 spiro atoms. The Kier molecular flexibility index (Phi) is 3.21. The molecule has 0 amide bonds. The molecule has 2 aromatic heterocycles. The van der Waals surface area contributed by atoms with Crippen molar-refractivity contribution in [2.24, 2.45) is 5.84 Å². The molecule has 0 saturated carbocycles. The second-order valence-electron chi connectivity index (χ2n) is 2.96. The van der Waals surface area contributed by atoms with Crippen LogP contribution >= 0.6 is 11.8 Å². The highest BCUT2D eigenvalue weighted by Gasteiger charge is 2.04. The lowest BCUT2D eigenvalue weighted by Crippen LogP contribution is -2.10. The molecule has 0 aliphatic heterocycles. The average Bonchev–Trinajstić information content (AvgIpc) is 2.28. The molecule has 0 aromatic carbocycles. The second-order valence-corrected chi connectivity index (χ2v) is 3.97. The van der Waals surface area contributed by atoms with Crippen LogP contribution in [0.3, 0.4) is 0 Å². The number of nitrogens with one attached hydrogen (secondary N) is 2. The Balaban J connectivity index is 2.27. The summed E-state index contributed by atoms with van der Waals surface area (Å²) in [6.07, 6.45) is 1.35. The number of nitrogen functional groups attached to an aromatic ring is 2. The van der Waals surface area contributed by atoms with Crippen LogP contribution in [-0.2, 0) is 0 Å². The van der Waals surface area contributed by atoms with Crippen molar-refractivity contribution in [3.8, 4) is 0 Å². The molecule has 0 bridgehead atoms. The van der Waals surface area contributed by atoms with Gasteiger partial charge in [-0.3, -0.25) is 4.79 Å². The number of H-pyrrole nitrogens is 1. The van der Waals surface area contributed by atoms with E-state index in [2.05, 4.69) is 25.4 Å². The van der Waals surface area contributed by atoms with Crippen LogP contribution in [0.25, 0.3) is 0 Å². The molecule has 0 aliphatic carbocycles. The Bertz CT molecular complexity index is 584. The van der Waals surface area contributed by atoms with Crippen molar-refractivity contribution >= 4 is 23.4 Å². The monoisotopic (exact) mass is 251 g/mol. The van der Waals surface area contributed by atoms with E-state index in [4.69, 9.17) is 11.6 Å². The molecule has 0 saturated heterocycles. The topological polar surface area (TPSA) is 136 Å². The number of nitrogens with two attached hydrogens (primary N) is 2. The summed E-state index contributed by atoms with van der Waals surface area (Å²) in [6, 6.07) is 2.82. The van der Waals surface area contributed by atoms with E-state index >= 15 is 0 Å². The summed E-state index contributed by atoms with van der Waals surface area (Å²) in [5, 5.41) is 0.943. The zero-order chi connectivity index (χ0) is 12.3. The molecule has 0 atom stereocenters. The first-order valence-electron chi connectivity index (χ1n) is 4.51. The van der Waals surface area contributed by atoms with Crippen molar-refractivity contribution < 1.29 is 0 Å². The number of hydrogen-bond acceptors (Lipinski definition) is 8. The Morgan fingerprint density at radius 1 is 1.35 bits per heavy atom. The van der Waals surface area contributed by atoms with Gasteiger partial charge < -0.3 is 16.1 Å². The third kappa shape index (κ3) is 2.92. The van der Waals surface area contributed by atoms with E-state index in [-0.39, 0.29) is 11.4 Å². The summed E-state index contributed by atoms with van der Waals surface area (Å²) in [6.45, 7) is 0. The molecule has 0 aliphatic rings. The second kappa shape index (κ2) is 4.80. The number of hydrazine groups is 1. The van der Waals surface area contributed by atoms with Gasteiger partial charge in [0.15, 0.2) is 5.16 Å². The smallest absolute Gasteiger partial charge is 0.253 e. The lowest BCUT2D eigenvalue weighted by atomic mass is 10.6. The maximum absolute atomic E-state index is 11.2. The highest BCUT2D eigenvalue weighted by Crippen LogP contribution is 2.22. The number of hydrogen-bond donors (Lipinski definition) is 4. The molecule has 2 heterocycles. The molecule has 6 N–H and O–H groups in total. The fourth-order valence-electron chi connectivity index (χ4n) is 1.07. The summed E-state index contributed by atoms with van der Waals surface area (Å²) in [5.74, 6) is 5.84. The van der Waals surface area contributed by atoms with Crippen LogP contribution in [0.2, 0.25) is 0 Å². The van der Waals surface area contributed by atoms with Gasteiger partial charge in [0.1, 0.15) is 23.0 Å². The normalized spacial score (nSPS) is 10.2. The maximum atomic E-state index is 11.2. The minimum Gasteiger partial charge on any atom is -0.383 e. The molecular formula is C8H9N7OS.